The van der Waals surface area contributed by atoms with Gasteiger partial charge in [0, 0.05) is 5.92 Å². The number of hydrogen-bond donors (Lipinski definition) is 0. The molecule has 0 saturated carbocycles. The molecule has 0 aliphatic heterocycles. The highest BCUT2D eigenvalue weighted by molar-refractivity contribution is 5.46. The largest absolute Gasteiger partial charge is 0.416 e. The van der Waals surface area contributed by atoms with E-state index < -0.39 is 29.0 Å². The van der Waals surface area contributed by atoms with Crippen LogP contribution in [-0.2, 0) is 12.4 Å². The number of alkyl halides is 6. The van der Waals surface area contributed by atoms with E-state index in [1.807, 2.05) is 0 Å². The van der Waals surface area contributed by atoms with Crippen molar-refractivity contribution in [2.75, 3.05) is 0 Å². The van der Waals surface area contributed by atoms with Gasteiger partial charge in [-0.2, -0.15) is 26.3 Å². The molecule has 0 aliphatic rings. The lowest BCUT2D eigenvalue weighted by Gasteiger charge is -2.20. The first-order chi connectivity index (χ1) is 7.55. The first-order valence-corrected chi connectivity index (χ1v) is 4.63. The Labute approximate surface area is 94.2 Å². The van der Waals surface area contributed by atoms with E-state index in [0.29, 0.717) is 12.1 Å². The molecule has 0 aliphatic carbocycles. The molecule has 1 rings (SSSR count). The zero-order chi connectivity index (χ0) is 13.4. The number of benzene rings is 1. The standard InChI is InChI=1S/C11H9F6/c1-6(2)9-7(10(12,13)14)4-3-5-8(9)11(15,16)17/h3-5H,1-2H3. The molecule has 0 N–H and O–H groups in total. The number of halogens is 6. The molecule has 1 radical (unpaired) electrons. The van der Waals surface area contributed by atoms with Crippen molar-refractivity contribution in [2.45, 2.75) is 26.2 Å². The van der Waals surface area contributed by atoms with Gasteiger partial charge in [-0.05, 0) is 17.7 Å². The number of rotatable bonds is 1. The van der Waals surface area contributed by atoms with Crippen LogP contribution in [0.1, 0.15) is 30.5 Å². The Bertz CT molecular complexity index is 367. The average molecular weight is 255 g/mol. The molecular weight excluding hydrogens is 246 g/mol. The van der Waals surface area contributed by atoms with E-state index in [0.717, 1.165) is 6.07 Å². The van der Waals surface area contributed by atoms with Gasteiger partial charge >= 0.3 is 12.4 Å². The minimum atomic E-state index is -4.80. The van der Waals surface area contributed by atoms with E-state index in [9.17, 15) is 26.3 Å². The van der Waals surface area contributed by atoms with Crippen molar-refractivity contribution < 1.29 is 26.3 Å². The first-order valence-electron chi connectivity index (χ1n) is 4.63. The summed E-state index contributed by atoms with van der Waals surface area (Å²) in [5.74, 6) is -0.0229. The molecule has 0 amide bonds. The van der Waals surface area contributed by atoms with Crippen LogP contribution in [0.25, 0.3) is 0 Å². The van der Waals surface area contributed by atoms with Crippen molar-refractivity contribution in [1.29, 1.82) is 0 Å². The molecule has 0 spiro atoms. The monoisotopic (exact) mass is 255 g/mol. The topological polar surface area (TPSA) is 0 Å². The summed E-state index contributed by atoms with van der Waals surface area (Å²) in [4.78, 5) is 0. The molecule has 1 aromatic carbocycles. The van der Waals surface area contributed by atoms with Crippen LogP contribution in [0.2, 0.25) is 0 Å². The highest BCUT2D eigenvalue weighted by Crippen LogP contribution is 2.41. The zero-order valence-electron chi connectivity index (χ0n) is 9.00. The first kappa shape index (κ1) is 13.9. The van der Waals surface area contributed by atoms with Crippen molar-refractivity contribution in [1.82, 2.24) is 0 Å². The molecule has 0 atom stereocenters. The summed E-state index contributed by atoms with van der Waals surface area (Å²) in [6, 6.07) is 2.06. The Morgan fingerprint density at radius 1 is 0.824 bits per heavy atom. The molecule has 0 fully saturated rings. The lowest BCUT2D eigenvalue weighted by atomic mass is 9.91. The Morgan fingerprint density at radius 3 is 1.41 bits per heavy atom. The van der Waals surface area contributed by atoms with Gasteiger partial charge < -0.3 is 0 Å². The maximum absolute atomic E-state index is 12.6. The Hall–Kier alpha value is -1.20. The summed E-state index contributed by atoms with van der Waals surface area (Å²) in [6.45, 7) is 2.44. The van der Waals surface area contributed by atoms with Gasteiger partial charge in [0.15, 0.2) is 0 Å². The van der Waals surface area contributed by atoms with Gasteiger partial charge in [0.25, 0.3) is 0 Å². The molecule has 6 heteroatoms. The fourth-order valence-corrected chi connectivity index (χ4v) is 1.56. The minimum Gasteiger partial charge on any atom is -0.166 e. The van der Waals surface area contributed by atoms with Crippen molar-refractivity contribution in [2.24, 2.45) is 0 Å². The van der Waals surface area contributed by atoms with E-state index in [1.165, 1.54) is 13.8 Å². The van der Waals surface area contributed by atoms with Crippen LogP contribution in [0.3, 0.4) is 0 Å². The van der Waals surface area contributed by atoms with E-state index in [1.54, 1.807) is 0 Å². The van der Waals surface area contributed by atoms with Crippen molar-refractivity contribution in [3.63, 3.8) is 0 Å². The molecule has 0 bridgehead atoms. The Kier molecular flexibility index (Phi) is 3.45. The Balaban J connectivity index is 3.55. The van der Waals surface area contributed by atoms with Crippen molar-refractivity contribution in [3.05, 3.63) is 40.8 Å². The summed E-state index contributed by atoms with van der Waals surface area (Å²) in [7, 11) is 0. The second-order valence-electron chi connectivity index (χ2n) is 3.72. The van der Waals surface area contributed by atoms with Crippen LogP contribution in [0, 0.1) is 5.92 Å². The molecule has 95 valence electrons. The summed E-state index contributed by atoms with van der Waals surface area (Å²) in [5, 5.41) is 0. The summed E-state index contributed by atoms with van der Waals surface area (Å²) in [5.41, 5.74) is -3.30. The van der Waals surface area contributed by atoms with Gasteiger partial charge in [-0.25, -0.2) is 0 Å². The van der Waals surface area contributed by atoms with Crippen LogP contribution in [0.4, 0.5) is 26.3 Å². The highest BCUT2D eigenvalue weighted by Gasteiger charge is 2.41. The summed E-state index contributed by atoms with van der Waals surface area (Å²) in [6.07, 6.45) is -9.60. The van der Waals surface area contributed by atoms with E-state index in [2.05, 4.69) is 0 Å². The van der Waals surface area contributed by atoms with Crippen LogP contribution >= 0.6 is 0 Å². The Morgan fingerprint density at radius 2 is 1.18 bits per heavy atom. The van der Waals surface area contributed by atoms with E-state index in [-0.39, 0.29) is 5.92 Å². The molecule has 0 heterocycles. The van der Waals surface area contributed by atoms with Crippen molar-refractivity contribution in [3.8, 4) is 0 Å². The van der Waals surface area contributed by atoms with E-state index in [4.69, 9.17) is 0 Å². The summed E-state index contributed by atoms with van der Waals surface area (Å²) < 4.78 is 75.6. The normalized spacial score (nSPS) is 13.2. The molecule has 17 heavy (non-hydrogen) atoms. The number of hydrogen-bond acceptors (Lipinski definition) is 0. The molecule has 0 unspecified atom stereocenters. The molecule has 1 aromatic rings. The lowest BCUT2D eigenvalue weighted by molar-refractivity contribution is -0.143. The zero-order valence-corrected chi connectivity index (χ0v) is 9.00. The SMILES string of the molecule is C[C](C)c1c(C(F)(F)F)cccc1C(F)(F)F. The van der Waals surface area contributed by atoms with Crippen LogP contribution in [-0.4, -0.2) is 0 Å². The highest BCUT2D eigenvalue weighted by atomic mass is 19.4. The van der Waals surface area contributed by atoms with Crippen molar-refractivity contribution >= 4 is 0 Å². The minimum absolute atomic E-state index is 0.0229. The van der Waals surface area contributed by atoms with E-state index >= 15 is 0 Å². The lowest BCUT2D eigenvalue weighted by Crippen LogP contribution is -2.17. The van der Waals surface area contributed by atoms with Gasteiger partial charge in [-0.15, -0.1) is 0 Å². The maximum atomic E-state index is 12.6. The molecule has 0 nitrogen and oxygen atoms in total. The second kappa shape index (κ2) is 4.23. The van der Waals surface area contributed by atoms with Crippen LogP contribution in [0.5, 0.6) is 0 Å². The fourth-order valence-electron chi connectivity index (χ4n) is 1.56. The van der Waals surface area contributed by atoms with Crippen LogP contribution in [0.15, 0.2) is 18.2 Å². The fraction of sp³-hybridized carbons (Fsp3) is 0.364. The van der Waals surface area contributed by atoms with Gasteiger partial charge in [-0.1, -0.05) is 19.9 Å². The third-order valence-electron chi connectivity index (χ3n) is 2.18. The van der Waals surface area contributed by atoms with Gasteiger partial charge in [-0.3, -0.25) is 0 Å². The molecule has 0 aromatic heterocycles. The quantitative estimate of drug-likeness (QED) is 0.639. The average Bonchev–Trinajstić information content (AvgIpc) is 2.13. The molecular formula is C11H9F6. The maximum Gasteiger partial charge on any atom is 0.416 e. The van der Waals surface area contributed by atoms with Gasteiger partial charge in [0.05, 0.1) is 11.1 Å². The third kappa shape index (κ3) is 2.92. The van der Waals surface area contributed by atoms with Gasteiger partial charge in [0.1, 0.15) is 0 Å². The second-order valence-corrected chi connectivity index (χ2v) is 3.72. The smallest absolute Gasteiger partial charge is 0.166 e. The summed E-state index contributed by atoms with van der Waals surface area (Å²) >= 11 is 0. The van der Waals surface area contributed by atoms with Gasteiger partial charge in [0.2, 0.25) is 0 Å². The van der Waals surface area contributed by atoms with Crippen LogP contribution < -0.4 is 0 Å². The predicted octanol–water partition coefficient (Wildman–Crippen LogP) is 4.69. The molecule has 0 saturated heterocycles. The third-order valence-corrected chi connectivity index (χ3v) is 2.18. The predicted molar refractivity (Wildman–Crippen MR) is 50.1 cm³/mol.